The van der Waals surface area contributed by atoms with Gasteiger partial charge in [0, 0.05) is 22.7 Å². The summed E-state index contributed by atoms with van der Waals surface area (Å²) in [7, 11) is 1.66. The number of rotatable bonds is 4. The molecule has 6 heteroatoms. The molecule has 0 radical (unpaired) electrons. The quantitative estimate of drug-likeness (QED) is 0.629. The minimum atomic E-state index is 0.609. The van der Waals surface area contributed by atoms with Crippen LogP contribution >= 0.6 is 0 Å². The molecule has 0 saturated carbocycles. The average molecular weight is 305 g/mol. The fraction of sp³-hybridized carbons (Fsp3) is 0.118. The fourth-order valence-corrected chi connectivity index (χ4v) is 2.61. The monoisotopic (exact) mass is 305 g/mol. The third-order valence-corrected chi connectivity index (χ3v) is 3.83. The molecule has 4 aromatic rings. The molecule has 0 atom stereocenters. The summed E-state index contributed by atoms with van der Waals surface area (Å²) in [4.78, 5) is 3.19. The molecule has 0 saturated heterocycles. The van der Waals surface area contributed by atoms with E-state index in [2.05, 4.69) is 26.6 Å². The summed E-state index contributed by atoms with van der Waals surface area (Å²) in [5.74, 6) is 1.59. The molecule has 4 rings (SSSR count). The summed E-state index contributed by atoms with van der Waals surface area (Å²) in [6.45, 7) is 0.609. The van der Waals surface area contributed by atoms with Crippen LogP contribution in [0.25, 0.3) is 22.3 Å². The lowest BCUT2D eigenvalue weighted by Crippen LogP contribution is -2.04. The first-order valence-corrected chi connectivity index (χ1v) is 7.30. The van der Waals surface area contributed by atoms with Gasteiger partial charge in [0.2, 0.25) is 0 Å². The van der Waals surface area contributed by atoms with Gasteiger partial charge < -0.3 is 9.72 Å². The van der Waals surface area contributed by atoms with E-state index in [9.17, 15) is 0 Å². The Bertz CT molecular complexity index is 939. The zero-order chi connectivity index (χ0) is 15.6. The Morgan fingerprint density at radius 2 is 1.96 bits per heavy atom. The van der Waals surface area contributed by atoms with Crippen molar-refractivity contribution in [1.82, 2.24) is 25.2 Å². The van der Waals surface area contributed by atoms with E-state index in [0.29, 0.717) is 6.54 Å². The van der Waals surface area contributed by atoms with Crippen LogP contribution in [-0.2, 0) is 6.54 Å². The minimum absolute atomic E-state index is 0.609. The number of hydrogen-bond acceptors (Lipinski definition) is 4. The second-order valence-corrected chi connectivity index (χ2v) is 5.29. The number of hydrogen-bond donors (Lipinski definition) is 1. The van der Waals surface area contributed by atoms with E-state index in [1.54, 1.807) is 11.8 Å². The van der Waals surface area contributed by atoms with Crippen molar-refractivity contribution in [2.45, 2.75) is 6.54 Å². The standard InChI is InChI=1S/C17H15N5O/c1-23-15-5-2-12(3-6-15)11-22-17(19-20-21-22)14-4-7-16-13(10-14)8-9-18-16/h2-10,18H,11H2,1H3. The van der Waals surface area contributed by atoms with Crippen molar-refractivity contribution in [2.24, 2.45) is 0 Å². The highest BCUT2D eigenvalue weighted by Gasteiger charge is 2.10. The normalized spacial score (nSPS) is 11.0. The molecule has 0 aliphatic heterocycles. The van der Waals surface area contributed by atoms with Crippen LogP contribution in [0.3, 0.4) is 0 Å². The van der Waals surface area contributed by atoms with Crippen LogP contribution in [0.5, 0.6) is 5.75 Å². The highest BCUT2D eigenvalue weighted by molar-refractivity contribution is 5.83. The third-order valence-electron chi connectivity index (χ3n) is 3.83. The highest BCUT2D eigenvalue weighted by Crippen LogP contribution is 2.22. The van der Waals surface area contributed by atoms with Gasteiger partial charge in [-0.1, -0.05) is 12.1 Å². The first-order chi connectivity index (χ1) is 11.3. The van der Waals surface area contributed by atoms with Gasteiger partial charge in [-0.2, -0.15) is 0 Å². The third kappa shape index (κ3) is 2.55. The summed E-state index contributed by atoms with van der Waals surface area (Å²) in [6, 6.07) is 16.1. The zero-order valence-electron chi connectivity index (χ0n) is 12.6. The van der Waals surface area contributed by atoms with E-state index >= 15 is 0 Å². The number of nitrogens with zero attached hydrogens (tertiary/aromatic N) is 4. The Balaban J connectivity index is 1.66. The highest BCUT2D eigenvalue weighted by atomic mass is 16.5. The first kappa shape index (κ1) is 13.5. The van der Waals surface area contributed by atoms with Gasteiger partial charge in [0.25, 0.3) is 0 Å². The largest absolute Gasteiger partial charge is 0.497 e. The summed E-state index contributed by atoms with van der Waals surface area (Å²) in [5, 5.41) is 13.3. The average Bonchev–Trinajstić information content (AvgIpc) is 3.23. The topological polar surface area (TPSA) is 68.6 Å². The molecule has 114 valence electrons. The second-order valence-electron chi connectivity index (χ2n) is 5.29. The Labute approximate surface area is 132 Å². The maximum atomic E-state index is 5.18. The van der Waals surface area contributed by atoms with E-state index in [0.717, 1.165) is 33.6 Å². The summed E-state index contributed by atoms with van der Waals surface area (Å²) < 4.78 is 6.98. The van der Waals surface area contributed by atoms with E-state index in [4.69, 9.17) is 4.74 Å². The van der Waals surface area contributed by atoms with Crippen molar-refractivity contribution in [1.29, 1.82) is 0 Å². The Morgan fingerprint density at radius 3 is 2.78 bits per heavy atom. The lowest BCUT2D eigenvalue weighted by molar-refractivity contribution is 0.414. The summed E-state index contributed by atoms with van der Waals surface area (Å²) in [6.07, 6.45) is 1.93. The number of tetrazole rings is 1. The van der Waals surface area contributed by atoms with Gasteiger partial charge >= 0.3 is 0 Å². The van der Waals surface area contributed by atoms with Crippen molar-refractivity contribution in [3.05, 3.63) is 60.3 Å². The molecule has 23 heavy (non-hydrogen) atoms. The Kier molecular flexibility index (Phi) is 3.27. The molecule has 0 fully saturated rings. The first-order valence-electron chi connectivity index (χ1n) is 7.30. The van der Waals surface area contributed by atoms with E-state index in [1.165, 1.54) is 0 Å². The molecule has 2 aromatic heterocycles. The second kappa shape index (κ2) is 5.57. The predicted molar refractivity (Wildman–Crippen MR) is 87.2 cm³/mol. The fourth-order valence-electron chi connectivity index (χ4n) is 2.61. The van der Waals surface area contributed by atoms with Gasteiger partial charge in [-0.3, -0.25) is 0 Å². The number of nitrogens with one attached hydrogen (secondary N) is 1. The molecule has 0 aliphatic rings. The van der Waals surface area contributed by atoms with Crippen molar-refractivity contribution in [2.75, 3.05) is 7.11 Å². The smallest absolute Gasteiger partial charge is 0.182 e. The van der Waals surface area contributed by atoms with E-state index < -0.39 is 0 Å². The maximum absolute atomic E-state index is 5.18. The Morgan fingerprint density at radius 1 is 1.09 bits per heavy atom. The van der Waals surface area contributed by atoms with Gasteiger partial charge in [-0.25, -0.2) is 4.68 Å². The summed E-state index contributed by atoms with van der Waals surface area (Å²) in [5.41, 5.74) is 3.21. The van der Waals surface area contributed by atoms with Gasteiger partial charge in [0.1, 0.15) is 5.75 Å². The number of benzene rings is 2. The lowest BCUT2D eigenvalue weighted by atomic mass is 10.1. The van der Waals surface area contributed by atoms with Crippen molar-refractivity contribution < 1.29 is 4.74 Å². The summed E-state index contributed by atoms with van der Waals surface area (Å²) >= 11 is 0. The number of ether oxygens (including phenoxy) is 1. The maximum Gasteiger partial charge on any atom is 0.182 e. The van der Waals surface area contributed by atoms with Crippen LogP contribution < -0.4 is 4.74 Å². The van der Waals surface area contributed by atoms with Crippen molar-refractivity contribution >= 4 is 10.9 Å². The Hall–Kier alpha value is -3.15. The van der Waals surface area contributed by atoms with Crippen LogP contribution in [0.1, 0.15) is 5.56 Å². The van der Waals surface area contributed by atoms with Crippen LogP contribution in [0, 0.1) is 0 Å². The van der Waals surface area contributed by atoms with E-state index in [-0.39, 0.29) is 0 Å². The van der Waals surface area contributed by atoms with Crippen molar-refractivity contribution in [3.8, 4) is 17.1 Å². The number of aromatic amines is 1. The zero-order valence-corrected chi connectivity index (χ0v) is 12.6. The molecule has 0 aliphatic carbocycles. The minimum Gasteiger partial charge on any atom is -0.497 e. The molecule has 1 N–H and O–H groups in total. The van der Waals surface area contributed by atoms with Gasteiger partial charge in [0.15, 0.2) is 5.82 Å². The SMILES string of the molecule is COc1ccc(Cn2nnnc2-c2ccc3[nH]ccc3c2)cc1. The molecular formula is C17H15N5O. The molecule has 2 aromatic carbocycles. The number of fused-ring (bicyclic) bond motifs is 1. The van der Waals surface area contributed by atoms with Crippen LogP contribution in [-0.4, -0.2) is 32.3 Å². The molecule has 0 unspecified atom stereocenters. The molecule has 2 heterocycles. The lowest BCUT2D eigenvalue weighted by Gasteiger charge is -2.06. The molecule has 0 spiro atoms. The molecule has 0 bridgehead atoms. The predicted octanol–water partition coefficient (Wildman–Crippen LogP) is 2.88. The van der Waals surface area contributed by atoms with Crippen LogP contribution in [0.4, 0.5) is 0 Å². The van der Waals surface area contributed by atoms with Crippen molar-refractivity contribution in [3.63, 3.8) is 0 Å². The van der Waals surface area contributed by atoms with Crippen LogP contribution in [0.15, 0.2) is 54.7 Å². The van der Waals surface area contributed by atoms with Crippen LogP contribution in [0.2, 0.25) is 0 Å². The number of aromatic nitrogens is 5. The molecule has 6 nitrogen and oxygen atoms in total. The van der Waals surface area contributed by atoms with Gasteiger partial charge in [-0.15, -0.1) is 5.10 Å². The molecule has 0 amide bonds. The van der Waals surface area contributed by atoms with Gasteiger partial charge in [-0.05, 0) is 52.4 Å². The number of H-pyrrole nitrogens is 1. The van der Waals surface area contributed by atoms with E-state index in [1.807, 2.05) is 48.7 Å². The van der Waals surface area contributed by atoms with Gasteiger partial charge in [0.05, 0.1) is 13.7 Å². The molecular weight excluding hydrogens is 290 g/mol. The number of methoxy groups -OCH3 is 1.